The number of aryl methyl sites for hydroxylation is 1. The number of aromatic nitrogens is 3. The molecule has 0 saturated heterocycles. The maximum atomic E-state index is 7.71. The summed E-state index contributed by atoms with van der Waals surface area (Å²) >= 11 is 0. The Labute approximate surface area is 202 Å². The number of fused-ring (bicyclic) bond motifs is 2. The minimum absolute atomic E-state index is 0.00125. The van der Waals surface area contributed by atoms with E-state index in [-0.39, 0.29) is 11.9 Å². The van der Waals surface area contributed by atoms with Crippen LogP contribution in [-0.2, 0) is 7.05 Å². The van der Waals surface area contributed by atoms with Gasteiger partial charge in [-0.15, -0.1) is 0 Å². The van der Waals surface area contributed by atoms with Crippen molar-refractivity contribution < 1.29 is 0 Å². The second kappa shape index (κ2) is 8.21. The molecule has 0 saturated carbocycles. The number of hydrogen-bond donors (Lipinski definition) is 5. The molecule has 0 aliphatic rings. The molecule has 0 atom stereocenters. The van der Waals surface area contributed by atoms with Crippen LogP contribution in [0.25, 0.3) is 44.5 Å². The van der Waals surface area contributed by atoms with Gasteiger partial charge in [-0.2, -0.15) is 0 Å². The summed E-state index contributed by atoms with van der Waals surface area (Å²) in [5.41, 5.74) is 19.0. The summed E-state index contributed by atoms with van der Waals surface area (Å²) < 4.78 is 2.06. The number of hydrogen-bond acceptors (Lipinski definition) is 3. The van der Waals surface area contributed by atoms with E-state index in [1.54, 1.807) is 23.9 Å². The molecule has 0 amide bonds. The summed E-state index contributed by atoms with van der Waals surface area (Å²) in [7, 11) is 5.54. The van der Waals surface area contributed by atoms with Gasteiger partial charge in [0.05, 0.1) is 11.0 Å². The molecule has 0 bridgehead atoms. The molecular weight excluding hydrogens is 438 g/mol. The minimum Gasteiger partial charge on any atom is -0.370 e. The lowest BCUT2D eigenvalue weighted by Gasteiger charge is -2.17. The van der Waals surface area contributed by atoms with Crippen LogP contribution in [0.3, 0.4) is 0 Å². The van der Waals surface area contributed by atoms with Crippen molar-refractivity contribution in [2.45, 2.75) is 0 Å². The number of guanidine groups is 2. The van der Waals surface area contributed by atoms with Gasteiger partial charge in [0, 0.05) is 55.2 Å². The van der Waals surface area contributed by atoms with E-state index in [4.69, 9.17) is 27.3 Å². The molecule has 3 aromatic carbocycles. The van der Waals surface area contributed by atoms with Gasteiger partial charge in [-0.05, 0) is 53.6 Å². The fraction of sp³-hybridized carbons (Fsp3) is 0.115. The number of imidazole rings is 1. The Kier molecular flexibility index (Phi) is 5.17. The summed E-state index contributed by atoms with van der Waals surface area (Å²) in [5, 5.41) is 16.4. The van der Waals surface area contributed by atoms with Crippen molar-refractivity contribution in [1.82, 2.24) is 14.5 Å². The fourth-order valence-corrected chi connectivity index (χ4v) is 4.27. The molecular formula is C26H27N9. The Hall–Kier alpha value is -4.79. The van der Waals surface area contributed by atoms with E-state index >= 15 is 0 Å². The van der Waals surface area contributed by atoms with Crippen molar-refractivity contribution >= 4 is 45.2 Å². The molecule has 176 valence electrons. The lowest BCUT2D eigenvalue weighted by atomic mass is 10.0. The van der Waals surface area contributed by atoms with Crippen LogP contribution in [0.1, 0.15) is 0 Å². The highest BCUT2D eigenvalue weighted by atomic mass is 15.2. The maximum Gasteiger partial charge on any atom is 0.192 e. The summed E-state index contributed by atoms with van der Waals surface area (Å²) in [6.45, 7) is 0. The SMILES string of the molecule is CN(C(=N)N)c1ccc(-c2ccc3[nH]cc(-c4nc5ccc(N(C)C(=N)N)cc5n4C)c3c2)cc1. The zero-order chi connectivity index (χ0) is 24.9. The number of benzene rings is 3. The first kappa shape index (κ1) is 22.0. The van der Waals surface area contributed by atoms with E-state index in [2.05, 4.69) is 27.8 Å². The van der Waals surface area contributed by atoms with Crippen LogP contribution in [0.2, 0.25) is 0 Å². The van der Waals surface area contributed by atoms with Gasteiger partial charge in [0.15, 0.2) is 11.9 Å². The van der Waals surface area contributed by atoms with Crippen LogP contribution in [0.5, 0.6) is 0 Å². The number of anilines is 2. The van der Waals surface area contributed by atoms with Gasteiger partial charge in [-0.25, -0.2) is 4.98 Å². The van der Waals surface area contributed by atoms with Crippen molar-refractivity contribution in [2.75, 3.05) is 23.9 Å². The highest BCUT2D eigenvalue weighted by molar-refractivity contribution is 5.99. The van der Waals surface area contributed by atoms with Gasteiger partial charge in [-0.3, -0.25) is 10.8 Å². The molecule has 9 heteroatoms. The normalized spacial score (nSPS) is 11.2. The molecule has 9 nitrogen and oxygen atoms in total. The van der Waals surface area contributed by atoms with E-state index in [0.717, 1.165) is 55.8 Å². The maximum absolute atomic E-state index is 7.71. The summed E-state index contributed by atoms with van der Waals surface area (Å²) in [5.74, 6) is 0.833. The molecule has 0 aliphatic heterocycles. The smallest absolute Gasteiger partial charge is 0.192 e. The first-order chi connectivity index (χ1) is 16.7. The van der Waals surface area contributed by atoms with Gasteiger partial charge in [0.2, 0.25) is 0 Å². The van der Waals surface area contributed by atoms with Crippen LogP contribution in [-0.4, -0.2) is 40.5 Å². The average Bonchev–Trinajstić information content (AvgIpc) is 3.42. The minimum atomic E-state index is -0.0168. The van der Waals surface area contributed by atoms with Crippen LogP contribution in [0, 0.1) is 10.8 Å². The zero-order valence-electron chi connectivity index (χ0n) is 19.8. The van der Waals surface area contributed by atoms with E-state index < -0.39 is 0 Å². The van der Waals surface area contributed by atoms with E-state index in [1.165, 1.54) is 0 Å². The Morgan fingerprint density at radius 1 is 0.857 bits per heavy atom. The highest BCUT2D eigenvalue weighted by Gasteiger charge is 2.16. The highest BCUT2D eigenvalue weighted by Crippen LogP contribution is 2.34. The summed E-state index contributed by atoms with van der Waals surface area (Å²) in [6.07, 6.45) is 1.99. The van der Waals surface area contributed by atoms with E-state index in [0.29, 0.717) is 0 Å². The Morgan fingerprint density at radius 2 is 1.49 bits per heavy atom. The summed E-state index contributed by atoms with van der Waals surface area (Å²) in [6, 6.07) is 20.2. The standard InChI is InChI=1S/C26H27N9/c1-33(25(27)28)17-7-4-15(5-8-17)16-6-10-21-19(12-16)20(14-31-21)24-32-22-11-9-18(34(2)26(29)30)13-23(22)35(24)3/h4-14,31H,1-3H3,(H3,27,28)(H3,29,30). The lowest BCUT2D eigenvalue weighted by Crippen LogP contribution is -2.32. The Bertz CT molecular complexity index is 1590. The third-order valence-electron chi connectivity index (χ3n) is 6.49. The molecule has 35 heavy (non-hydrogen) atoms. The Balaban J connectivity index is 1.57. The third kappa shape index (κ3) is 3.72. The molecule has 2 heterocycles. The van der Waals surface area contributed by atoms with Crippen LogP contribution in [0.15, 0.2) is 66.9 Å². The zero-order valence-corrected chi connectivity index (χ0v) is 19.8. The second-order valence-electron chi connectivity index (χ2n) is 8.57. The number of H-pyrrole nitrogens is 1. The second-order valence-corrected chi connectivity index (χ2v) is 8.57. The van der Waals surface area contributed by atoms with Crippen LogP contribution >= 0.6 is 0 Å². The van der Waals surface area contributed by atoms with Crippen molar-refractivity contribution in [1.29, 1.82) is 10.8 Å². The molecule has 0 aliphatic carbocycles. The van der Waals surface area contributed by atoms with Crippen LogP contribution in [0.4, 0.5) is 11.4 Å². The molecule has 0 spiro atoms. The number of rotatable bonds is 4. The lowest BCUT2D eigenvalue weighted by molar-refractivity contribution is 0.960. The largest absolute Gasteiger partial charge is 0.370 e. The molecule has 0 radical (unpaired) electrons. The Morgan fingerprint density at radius 3 is 2.17 bits per heavy atom. The topological polar surface area (TPSA) is 140 Å². The monoisotopic (exact) mass is 465 g/mol. The number of nitrogens with two attached hydrogens (primary N) is 2. The van der Waals surface area contributed by atoms with E-state index in [1.807, 2.05) is 55.7 Å². The quantitative estimate of drug-likeness (QED) is 0.201. The summed E-state index contributed by atoms with van der Waals surface area (Å²) in [4.78, 5) is 11.5. The van der Waals surface area contributed by atoms with Crippen LogP contribution < -0.4 is 21.3 Å². The molecule has 5 rings (SSSR count). The first-order valence-electron chi connectivity index (χ1n) is 11.1. The van der Waals surface area contributed by atoms with Crippen molar-refractivity contribution in [3.8, 4) is 22.5 Å². The molecule has 5 aromatic rings. The van der Waals surface area contributed by atoms with Gasteiger partial charge >= 0.3 is 0 Å². The van der Waals surface area contributed by atoms with Crippen molar-refractivity contribution in [2.24, 2.45) is 18.5 Å². The van der Waals surface area contributed by atoms with E-state index in [9.17, 15) is 0 Å². The number of aromatic amines is 1. The first-order valence-corrected chi connectivity index (χ1v) is 11.1. The average molecular weight is 466 g/mol. The van der Waals surface area contributed by atoms with Gasteiger partial charge < -0.3 is 30.8 Å². The van der Waals surface area contributed by atoms with Crippen molar-refractivity contribution in [3.05, 3.63) is 66.9 Å². The molecule has 2 aromatic heterocycles. The molecule has 0 unspecified atom stereocenters. The van der Waals surface area contributed by atoms with Gasteiger partial charge in [-0.1, -0.05) is 18.2 Å². The third-order valence-corrected chi connectivity index (χ3v) is 6.49. The fourth-order valence-electron chi connectivity index (χ4n) is 4.27. The number of nitrogens with zero attached hydrogens (tertiary/aromatic N) is 4. The van der Waals surface area contributed by atoms with Crippen molar-refractivity contribution in [3.63, 3.8) is 0 Å². The molecule has 0 fully saturated rings. The predicted molar refractivity (Wildman–Crippen MR) is 144 cm³/mol. The van der Waals surface area contributed by atoms with Gasteiger partial charge in [0.1, 0.15) is 5.82 Å². The van der Waals surface area contributed by atoms with Gasteiger partial charge in [0.25, 0.3) is 0 Å². The number of nitrogens with one attached hydrogen (secondary N) is 3. The molecule has 7 N–H and O–H groups in total. The predicted octanol–water partition coefficient (Wildman–Crippen LogP) is 4.05.